The van der Waals surface area contributed by atoms with Crippen molar-refractivity contribution >= 4 is 48.5 Å². The van der Waals surface area contributed by atoms with Crippen molar-refractivity contribution < 1.29 is 95.4 Å². The monoisotopic (exact) mass is 1630 g/mol. The number of ether oxygens (including phenoxy) is 1. The molecule has 2 aromatic carbocycles. The number of hydrogen-bond donors (Lipinski definition) is 3. The quantitative estimate of drug-likeness (QED) is 0.0544. The van der Waals surface area contributed by atoms with E-state index >= 15 is 0 Å². The molecule has 8 aliphatic carbocycles. The van der Waals surface area contributed by atoms with Crippen molar-refractivity contribution in [3.63, 3.8) is 0 Å². The third-order valence-corrected chi connectivity index (χ3v) is 38.6. The summed E-state index contributed by atoms with van der Waals surface area (Å²) in [4.78, 5) is 12.4. The van der Waals surface area contributed by atoms with Crippen LogP contribution >= 0.6 is 7.14 Å². The maximum absolute atomic E-state index is 14.6. The van der Waals surface area contributed by atoms with Crippen molar-refractivity contribution in [2.75, 3.05) is 19.4 Å². The highest BCUT2D eigenvalue weighted by Crippen LogP contribution is 2.69. The summed E-state index contributed by atoms with van der Waals surface area (Å²) in [5.74, 6) is 0.306. The second-order valence-electron chi connectivity index (χ2n) is 37.2. The fourth-order valence-corrected chi connectivity index (χ4v) is 23.9. The molecule has 0 aromatic heterocycles. The van der Waals surface area contributed by atoms with Gasteiger partial charge in [0.2, 0.25) is 0 Å². The summed E-state index contributed by atoms with van der Waals surface area (Å²) < 4.78 is 199. The number of allylic oxidation sites excluding steroid dienone is 10. The number of Topliss-reactive ketones (excluding diaryl/α,β-unsaturated/α-hetero) is 1. The lowest BCUT2D eigenvalue weighted by Crippen LogP contribution is -2.61. The molecule has 2 aromatic rings. The molecule has 0 amide bonds. The summed E-state index contributed by atoms with van der Waals surface area (Å²) in [6, 6.07) is 20.0. The van der Waals surface area contributed by atoms with Crippen LogP contribution in [0.1, 0.15) is 197 Å². The van der Waals surface area contributed by atoms with E-state index < -0.39 is 91.0 Å². The number of aliphatic hydroxyl groups is 3. The largest absolute Gasteiger partial charge is 0.429 e. The Kier molecular flexibility index (Phi) is 28.6. The van der Waals surface area contributed by atoms with Gasteiger partial charge in [0.1, 0.15) is 12.9 Å². The van der Waals surface area contributed by atoms with E-state index in [-0.39, 0.29) is 75.7 Å². The molecule has 1 saturated heterocycles. The van der Waals surface area contributed by atoms with E-state index in [4.69, 9.17) is 18.0 Å². The van der Waals surface area contributed by atoms with Crippen LogP contribution < -0.4 is 10.6 Å². The number of carbonyl (C=O) groups is 1. The molecule has 11 rings (SSSR count). The van der Waals surface area contributed by atoms with Crippen LogP contribution in [0.4, 0.5) is 52.7 Å². The van der Waals surface area contributed by atoms with Crippen LogP contribution in [0, 0.1) is 33.5 Å². The number of halogens is 12. The summed E-state index contributed by atoms with van der Waals surface area (Å²) in [5, 5.41) is 31.5. The highest BCUT2D eigenvalue weighted by atomic mass is 31.2. The number of aliphatic hydroxyl groups excluding tert-OH is 2. The van der Waals surface area contributed by atoms with Crippen LogP contribution in [0.25, 0.3) is 0 Å². The Morgan fingerprint density at radius 1 is 0.545 bits per heavy atom. The maximum Gasteiger partial charge on any atom is 0.429 e. The summed E-state index contributed by atoms with van der Waals surface area (Å²) in [7, 11) is -9.88. The van der Waals surface area contributed by atoms with E-state index in [1.165, 1.54) is 43.6 Å². The Hall–Kier alpha value is -3.95. The smallest absolute Gasteiger partial charge is 0.414 e. The molecule has 618 valence electrons. The first-order chi connectivity index (χ1) is 50.5. The zero-order valence-corrected chi connectivity index (χ0v) is 71.3. The van der Waals surface area contributed by atoms with Crippen LogP contribution in [0.5, 0.6) is 0 Å². The molecule has 110 heavy (non-hydrogen) atoms. The fraction of sp³-hybridized carbons (Fsp3) is 0.682. The predicted octanol–water partition coefficient (Wildman–Crippen LogP) is 23.3. The van der Waals surface area contributed by atoms with Crippen LogP contribution in [0.3, 0.4) is 0 Å². The molecule has 7 fully saturated rings. The molecule has 0 spiro atoms. The first kappa shape index (κ1) is 91.6. The Balaban J connectivity index is 0.000000201. The molecule has 9 aliphatic rings. The first-order valence-electron chi connectivity index (χ1n) is 39.6. The van der Waals surface area contributed by atoms with Crippen LogP contribution in [0.2, 0.25) is 55.9 Å². The van der Waals surface area contributed by atoms with E-state index in [0.29, 0.717) is 63.9 Å². The normalized spacial score (nSPS) is 27.8. The van der Waals surface area contributed by atoms with Gasteiger partial charge < -0.3 is 37.9 Å². The third-order valence-electron chi connectivity index (χ3n) is 25.7. The molecule has 1 heterocycles. The highest BCUT2D eigenvalue weighted by molar-refractivity contribution is 7.78. The van der Waals surface area contributed by atoms with Gasteiger partial charge in [-0.25, -0.2) is 0 Å². The highest BCUT2D eigenvalue weighted by Gasteiger charge is 2.72. The number of alkyl halides is 12. The Morgan fingerprint density at radius 3 is 1.37 bits per heavy atom. The number of rotatable bonds is 19. The van der Waals surface area contributed by atoms with Crippen LogP contribution in [-0.2, 0) is 27.4 Å². The minimum atomic E-state index is -5.86. The van der Waals surface area contributed by atoms with Crippen molar-refractivity contribution in [1.29, 1.82) is 0 Å². The summed E-state index contributed by atoms with van der Waals surface area (Å²) in [6.45, 7) is 33.3. The number of carbonyl (C=O) groups excluding carboxylic acids is 1. The Labute approximate surface area is 649 Å². The number of fused-ring (bicyclic) bond motifs is 2. The van der Waals surface area contributed by atoms with Gasteiger partial charge in [-0.3, -0.25) is 4.79 Å². The van der Waals surface area contributed by atoms with Gasteiger partial charge in [0.15, 0.2) is 25.0 Å². The molecule has 25 heteroatoms. The van der Waals surface area contributed by atoms with Gasteiger partial charge in [-0.15, -0.1) is 0 Å². The molecule has 1 aliphatic heterocycles. The molecular weight excluding hydrogens is 1510 g/mol. The van der Waals surface area contributed by atoms with Crippen molar-refractivity contribution in [2.24, 2.45) is 33.5 Å². The Morgan fingerprint density at radius 2 is 0.973 bits per heavy atom. The van der Waals surface area contributed by atoms with Crippen molar-refractivity contribution in [3.8, 4) is 0 Å². The van der Waals surface area contributed by atoms with E-state index in [1.54, 1.807) is 0 Å². The SMILES string of the molecule is C1CCOC1.CC(C)(C)[Si](C)(C)O[C@@H]1CC(=CCP(=O)(c2ccccc2)c2ccccc2)C[C@@H](O[Si](C)(C)C(C)(C)C)C1.C[C@]12CCC/C(=C\C=C3CC(O)C[C@H](O)C3)C1CC=C2C1(C/C=C/C(O)(C(F)(F)F)C(F)(F)F)CC1.C[C@]12CCCC(=O)C1CC=C2C1(C/C=C/C(O[Si](C)(C)C)(C(F)(F)F)C(F)(F)F)CC1. The van der Waals surface area contributed by atoms with E-state index in [0.717, 1.165) is 110 Å². The molecule has 6 saturated carbocycles. The number of hydrogen-bond acceptors (Lipinski definition) is 9. The minimum absolute atomic E-state index is 0.0223. The van der Waals surface area contributed by atoms with Gasteiger partial charge in [-0.2, -0.15) is 52.7 Å². The molecule has 3 N–H and O–H groups in total. The minimum Gasteiger partial charge on any atom is -0.414 e. The van der Waals surface area contributed by atoms with Crippen molar-refractivity contribution in [1.82, 2.24) is 0 Å². The maximum atomic E-state index is 14.6. The average Bonchev–Trinajstić information content (AvgIpc) is 1.62. The van der Waals surface area contributed by atoms with Gasteiger partial charge >= 0.3 is 24.7 Å². The van der Waals surface area contributed by atoms with Gasteiger partial charge in [0, 0.05) is 42.3 Å². The number of benzene rings is 2. The first-order valence-corrected chi connectivity index (χ1v) is 50.7. The van der Waals surface area contributed by atoms with Gasteiger partial charge in [-0.1, -0.05) is 186 Å². The molecule has 0 radical (unpaired) electrons. The van der Waals surface area contributed by atoms with E-state index in [9.17, 15) is 77.4 Å². The predicted molar refractivity (Wildman–Crippen MR) is 421 cm³/mol. The van der Waals surface area contributed by atoms with E-state index in [2.05, 4.69) is 92.9 Å². The van der Waals surface area contributed by atoms with E-state index in [1.807, 2.05) is 79.7 Å². The molecule has 9 nitrogen and oxygen atoms in total. The summed E-state index contributed by atoms with van der Waals surface area (Å²) in [6.07, 6.45) is 5.05. The lowest BCUT2D eigenvalue weighted by molar-refractivity contribution is -0.347. The third kappa shape index (κ3) is 21.2. The molecular formula is C85H123F12O9PSi3. The second-order valence-corrected chi connectivity index (χ2v) is 54.1. The lowest BCUT2D eigenvalue weighted by Gasteiger charge is -2.45. The van der Waals surface area contributed by atoms with Crippen molar-refractivity contribution in [2.45, 2.75) is 313 Å². The summed E-state index contributed by atoms with van der Waals surface area (Å²) >= 11 is 0. The number of ketones is 1. The zero-order valence-electron chi connectivity index (χ0n) is 67.4. The van der Waals surface area contributed by atoms with Crippen LogP contribution in [-0.4, -0.2) is 126 Å². The van der Waals surface area contributed by atoms with Gasteiger partial charge in [0.25, 0.3) is 11.2 Å². The van der Waals surface area contributed by atoms with Crippen LogP contribution in [0.15, 0.2) is 143 Å². The van der Waals surface area contributed by atoms with Gasteiger partial charge in [-0.05, 0) is 230 Å². The Bertz CT molecular complexity index is 3600. The van der Waals surface area contributed by atoms with Gasteiger partial charge in [0.05, 0.1) is 24.4 Å². The molecule has 8 atom stereocenters. The molecule has 3 unspecified atom stereocenters. The average molecular weight is 1630 g/mol. The second kappa shape index (κ2) is 34.3. The molecule has 0 bridgehead atoms. The lowest BCUT2D eigenvalue weighted by atomic mass is 9.61. The zero-order chi connectivity index (χ0) is 82.0. The topological polar surface area (TPSA) is 132 Å². The fourth-order valence-electron chi connectivity index (χ4n) is 17.3. The standard InChI is InChI=1S/C32H51O3PSi2.C27H34F6O3.C22H30F6O2Si.C4H8O/c1-31(2,3)37(7,8)34-27-23-26(24-28(25-27)35-38(9,10)32(4,5)6)21-22-36(33,29-17-13-11-14-18-29)30-19-15-12-16-20-30;1-23-9-2-4-18(6-5-17-14-19(34)16-20(35)15-17)21(23)7-8-22(23)24(12-13-24)10-3-11-25(36,26(28,29)30)27(31,32)33;1-18-10-5-7-16(29)15(18)8-9-17(18)19(13-14-19)11-6-12-20(21(23,24)25,22(26,27)28)30-31(2,3)4;1-2-4-5-3-1/h11-21,27-28H,22-25H2,1-10H3;3,5-6,8,11,19-21,34-36H,2,4,7,9-10,12-16H2,1H3;6,9,12,15H,5,7-8,10-11,13-14H2,1-4H3;1-4H2/b;11-3+,17-5?,18-6+;12-6+;/t27-,28-;19-,20?,21?,23+;15?,18-;/m110./s1. The van der Waals surface area contributed by atoms with Crippen molar-refractivity contribution in [3.05, 3.63) is 143 Å². The summed E-state index contributed by atoms with van der Waals surface area (Å²) in [5.41, 5.74) is -4.87.